The Morgan fingerprint density at radius 3 is 2.29 bits per heavy atom. The normalized spacial score (nSPS) is 23.0. The van der Waals surface area contributed by atoms with Crippen LogP contribution in [0.5, 0.6) is 6.01 Å². The molecule has 7 aliphatic rings. The van der Waals surface area contributed by atoms with Crippen LogP contribution < -0.4 is 19.9 Å². The van der Waals surface area contributed by atoms with Crippen molar-refractivity contribution in [3.63, 3.8) is 0 Å². The second-order valence-corrected chi connectivity index (χ2v) is 24.7. The van der Waals surface area contributed by atoms with E-state index in [1.54, 1.807) is 30.6 Å². The molecule has 3 aromatic heterocycles. The highest BCUT2D eigenvalue weighted by Crippen LogP contribution is 2.49. The average Bonchev–Trinajstić information content (AvgIpc) is 3.99. The molecule has 2 bridgehead atoms. The van der Waals surface area contributed by atoms with Gasteiger partial charge in [0.05, 0.1) is 46.5 Å². The number of anilines is 2. The van der Waals surface area contributed by atoms with Crippen LogP contribution in [0, 0.1) is 29.5 Å². The van der Waals surface area contributed by atoms with Gasteiger partial charge in [0, 0.05) is 107 Å². The van der Waals surface area contributed by atoms with Gasteiger partial charge in [0.15, 0.2) is 5.82 Å². The first-order chi connectivity index (χ1) is 37.0. The number of hydrogen-bond donors (Lipinski definition) is 2. The zero-order chi connectivity index (χ0) is 53.4. The predicted octanol–water partition coefficient (Wildman–Crippen LogP) is 8.59. The molecule has 5 amide bonds. The van der Waals surface area contributed by atoms with Crippen LogP contribution in [-0.2, 0) is 9.53 Å². The van der Waals surface area contributed by atoms with Crippen LogP contribution in [0.4, 0.5) is 25.5 Å². The number of carbonyl (C=O) groups excluding carboxylic acids is 4. The molecular formula is C57H70ClFN12O6. The third-order valence-electron chi connectivity index (χ3n) is 17.9. The highest BCUT2D eigenvalue weighted by Gasteiger charge is 2.48. The lowest BCUT2D eigenvalue weighted by Crippen LogP contribution is -2.57. The Kier molecular flexibility index (Phi) is 13.6. The van der Waals surface area contributed by atoms with Gasteiger partial charge in [-0.15, -0.1) is 0 Å². The zero-order valence-corrected chi connectivity index (χ0v) is 45.5. The van der Waals surface area contributed by atoms with Crippen molar-refractivity contribution in [3.8, 4) is 17.3 Å². The number of urea groups is 1. The molecule has 2 atom stereocenters. The largest absolute Gasteiger partial charge is 0.463 e. The molecule has 5 aromatic rings. The first-order valence-corrected chi connectivity index (χ1v) is 28.2. The number of piperazine rings is 2. The molecule has 2 saturated carbocycles. The number of imide groups is 1. The van der Waals surface area contributed by atoms with Crippen LogP contribution in [0.2, 0.25) is 5.02 Å². The van der Waals surface area contributed by atoms with Gasteiger partial charge in [0.2, 0.25) is 5.91 Å². The second kappa shape index (κ2) is 20.2. The monoisotopic (exact) mass is 1070 g/mol. The van der Waals surface area contributed by atoms with Gasteiger partial charge in [-0.2, -0.15) is 15.1 Å². The molecule has 1 spiro atoms. The molecule has 12 rings (SSSR count). The van der Waals surface area contributed by atoms with Crippen molar-refractivity contribution < 1.29 is 33.0 Å². The number of ether oxygens (including phenoxy) is 2. The number of amides is 5. The van der Waals surface area contributed by atoms with Gasteiger partial charge in [-0.05, 0) is 133 Å². The van der Waals surface area contributed by atoms with Crippen LogP contribution in [-0.4, -0.2) is 165 Å². The maximum Gasteiger partial charge on any atom is 0.410 e. The van der Waals surface area contributed by atoms with Crippen molar-refractivity contribution in [2.75, 3.05) is 88.4 Å². The molecule has 408 valence electrons. The lowest BCUT2D eigenvalue weighted by Gasteiger charge is -2.47. The van der Waals surface area contributed by atoms with Crippen LogP contribution in [0.1, 0.15) is 107 Å². The molecule has 2 N–H and O–H groups in total. The zero-order valence-electron chi connectivity index (χ0n) is 44.7. The number of pyridine rings is 1. The maximum absolute atomic E-state index is 17.2. The number of halogens is 2. The summed E-state index contributed by atoms with van der Waals surface area (Å²) in [6.45, 7) is 16.8. The Morgan fingerprint density at radius 2 is 1.58 bits per heavy atom. The lowest BCUT2D eigenvalue weighted by atomic mass is 9.65. The molecule has 5 aliphatic heterocycles. The minimum atomic E-state index is -0.609. The highest BCUT2D eigenvalue weighted by molar-refractivity contribution is 6.34. The summed E-state index contributed by atoms with van der Waals surface area (Å²) in [6.07, 6.45) is 13.8. The first kappa shape index (κ1) is 51.6. The van der Waals surface area contributed by atoms with Crippen LogP contribution in [0.3, 0.4) is 0 Å². The van der Waals surface area contributed by atoms with E-state index >= 15 is 4.39 Å². The Balaban J connectivity index is 0.657. The van der Waals surface area contributed by atoms with Crippen molar-refractivity contribution in [3.05, 3.63) is 64.7 Å². The summed E-state index contributed by atoms with van der Waals surface area (Å²) in [5, 5.41) is 11.2. The number of piperidine rings is 1. The highest BCUT2D eigenvalue weighted by atomic mass is 35.5. The number of aryl methyl sites for hydroxylation is 1. The van der Waals surface area contributed by atoms with E-state index < -0.39 is 17.4 Å². The number of aromatic nitrogens is 5. The van der Waals surface area contributed by atoms with Gasteiger partial charge in [-0.3, -0.25) is 34.8 Å². The molecule has 8 heterocycles. The molecule has 18 nitrogen and oxygen atoms in total. The molecule has 2 aromatic carbocycles. The van der Waals surface area contributed by atoms with Gasteiger partial charge in [-0.1, -0.05) is 17.7 Å². The molecule has 7 fully saturated rings. The summed E-state index contributed by atoms with van der Waals surface area (Å²) in [5.41, 5.74) is 3.25. The molecule has 0 radical (unpaired) electrons. The van der Waals surface area contributed by atoms with Gasteiger partial charge in [0.25, 0.3) is 5.91 Å². The Morgan fingerprint density at radius 1 is 0.857 bits per heavy atom. The number of carbonyl (C=O) groups is 4. The molecule has 2 unspecified atom stereocenters. The summed E-state index contributed by atoms with van der Waals surface area (Å²) < 4.78 is 29.7. The third-order valence-corrected chi connectivity index (χ3v) is 18.2. The van der Waals surface area contributed by atoms with E-state index in [1.165, 1.54) is 30.6 Å². The van der Waals surface area contributed by atoms with Gasteiger partial charge in [0.1, 0.15) is 22.6 Å². The fourth-order valence-electron chi connectivity index (χ4n) is 13.3. The SMILES string of the molecule is Cc1ccc2[nH]ncc2c1-c1ncc2c(N3CC4CCC(C3)N4C(=O)OC(C)(C)C)nc(OCC3(CN4CCN(CC5CCC6(CC5)CCN(C(=O)c5ccc(Cl)c(N7CCC(=O)NC7=O)c5)CC6)CC4)CC3)nc2c1F. The van der Waals surface area contributed by atoms with E-state index in [-0.39, 0.29) is 71.0 Å². The molecule has 2 aliphatic carbocycles. The summed E-state index contributed by atoms with van der Waals surface area (Å²) in [5.74, 6) is 0.318. The van der Waals surface area contributed by atoms with Gasteiger partial charge >= 0.3 is 18.1 Å². The van der Waals surface area contributed by atoms with Crippen molar-refractivity contribution in [1.29, 1.82) is 0 Å². The summed E-state index contributed by atoms with van der Waals surface area (Å²) in [7, 11) is 0. The van der Waals surface area contributed by atoms with Crippen molar-refractivity contribution >= 4 is 68.9 Å². The van der Waals surface area contributed by atoms with Crippen LogP contribution >= 0.6 is 11.6 Å². The van der Waals surface area contributed by atoms with Crippen molar-refractivity contribution in [1.82, 2.24) is 50.1 Å². The van der Waals surface area contributed by atoms with Crippen molar-refractivity contribution in [2.24, 2.45) is 16.7 Å². The second-order valence-electron chi connectivity index (χ2n) is 24.3. The smallest absolute Gasteiger partial charge is 0.410 e. The maximum atomic E-state index is 17.2. The number of H-pyrrole nitrogens is 1. The molecule has 5 saturated heterocycles. The minimum absolute atomic E-state index is 0.0294. The van der Waals surface area contributed by atoms with Gasteiger partial charge in [-0.25, -0.2) is 14.0 Å². The van der Waals surface area contributed by atoms with Crippen molar-refractivity contribution in [2.45, 2.75) is 116 Å². The van der Waals surface area contributed by atoms with E-state index in [2.05, 4.69) is 30.2 Å². The number of nitrogens with one attached hydrogen (secondary N) is 2. The van der Waals surface area contributed by atoms with Gasteiger partial charge < -0.3 is 29.1 Å². The molecule has 20 heteroatoms. The van der Waals surface area contributed by atoms with E-state index in [1.807, 2.05) is 49.6 Å². The number of hydrogen-bond acceptors (Lipinski definition) is 13. The third kappa shape index (κ3) is 10.4. The van der Waals surface area contributed by atoms with E-state index in [4.69, 9.17) is 36.0 Å². The number of nitrogens with zero attached hydrogens (tertiary/aromatic N) is 10. The van der Waals surface area contributed by atoms with E-state index in [0.29, 0.717) is 71.7 Å². The topological polar surface area (TPSA) is 186 Å². The quantitative estimate of drug-likeness (QED) is 0.128. The van der Waals surface area contributed by atoms with Crippen LogP contribution in [0.15, 0.2) is 42.7 Å². The summed E-state index contributed by atoms with van der Waals surface area (Å²) in [6, 6.07) is 8.40. The van der Waals surface area contributed by atoms with E-state index in [0.717, 1.165) is 94.3 Å². The molecule has 77 heavy (non-hydrogen) atoms. The number of likely N-dealkylation sites (tertiary alicyclic amines) is 1. The minimum Gasteiger partial charge on any atom is -0.463 e. The Hall–Kier alpha value is -6.18. The van der Waals surface area contributed by atoms with Crippen LogP contribution in [0.25, 0.3) is 33.1 Å². The first-order valence-electron chi connectivity index (χ1n) is 27.8. The lowest BCUT2D eigenvalue weighted by molar-refractivity contribution is -0.120. The Bertz CT molecular complexity index is 3100. The number of benzene rings is 2. The fraction of sp³-hybridized carbons (Fsp3) is 0.579. The summed E-state index contributed by atoms with van der Waals surface area (Å²) >= 11 is 6.47. The molecular weight excluding hydrogens is 1000 g/mol. The predicted molar refractivity (Wildman–Crippen MR) is 291 cm³/mol. The number of rotatable bonds is 11. The standard InChI is InChI=1S/C57H70ClFN12O6/c1-35-5-10-43-40(29-61-65-43)46(35)49-47(59)48-41(28-60-49)50(69-31-38-7-8-39(32-69)71(38)54(75)77-55(2,3)4)64-52(63-48)76-34-57(16-17-57)33-67-25-23-66(24-26-67)30-36-11-14-56(15-12-36)18-21-68(22-19-56)51(73)37-6-9-42(58)44(27-37)70-20-13-45(72)62-53(70)74/h5-6,9-10,27-29,36,38-39H,7-8,11-26,30-34H2,1-4H3,(H,61,65)(H,62,72,74). The number of fused-ring (bicyclic) bond motifs is 4. The number of aromatic amines is 1. The Labute approximate surface area is 453 Å². The fourth-order valence-corrected chi connectivity index (χ4v) is 13.5. The summed E-state index contributed by atoms with van der Waals surface area (Å²) in [4.78, 5) is 78.7. The average molecular weight is 1070 g/mol. The van der Waals surface area contributed by atoms with E-state index in [9.17, 15) is 19.2 Å².